The van der Waals surface area contributed by atoms with E-state index in [-0.39, 0.29) is 11.9 Å². The highest BCUT2D eigenvalue weighted by Gasteiger charge is 2.34. The van der Waals surface area contributed by atoms with Crippen molar-refractivity contribution < 1.29 is 9.32 Å². The highest BCUT2D eigenvalue weighted by molar-refractivity contribution is 5.92. The maximum atomic E-state index is 12.5. The SMILES string of the molecule is CC(c1ccccc1)N1C[C@@H](C)[C@@H](NC(=O)c2cc(C3CC3)on2)C1. The number of rotatable bonds is 5. The van der Waals surface area contributed by atoms with Crippen LogP contribution in [0.3, 0.4) is 0 Å². The Morgan fingerprint density at radius 3 is 2.76 bits per heavy atom. The molecule has 5 nitrogen and oxygen atoms in total. The zero-order chi connectivity index (χ0) is 17.4. The molecule has 25 heavy (non-hydrogen) atoms. The Balaban J connectivity index is 1.38. The first-order valence-electron chi connectivity index (χ1n) is 9.18. The Morgan fingerprint density at radius 1 is 1.28 bits per heavy atom. The van der Waals surface area contributed by atoms with Crippen LogP contribution in [0, 0.1) is 5.92 Å². The molecular formula is C20H25N3O2. The largest absolute Gasteiger partial charge is 0.360 e. The molecule has 1 aromatic heterocycles. The first kappa shape index (κ1) is 16.3. The Kier molecular flexibility index (Phi) is 4.34. The first-order chi connectivity index (χ1) is 12.1. The third-order valence-electron chi connectivity index (χ3n) is 5.53. The van der Waals surface area contributed by atoms with Gasteiger partial charge in [-0.15, -0.1) is 0 Å². The number of hydrogen-bond donors (Lipinski definition) is 1. The van der Waals surface area contributed by atoms with E-state index in [0.717, 1.165) is 31.7 Å². The van der Waals surface area contributed by atoms with Crippen molar-refractivity contribution in [2.75, 3.05) is 13.1 Å². The Labute approximate surface area is 148 Å². The van der Waals surface area contributed by atoms with E-state index in [1.54, 1.807) is 6.07 Å². The summed E-state index contributed by atoms with van der Waals surface area (Å²) in [6.07, 6.45) is 2.28. The highest BCUT2D eigenvalue weighted by atomic mass is 16.5. The molecule has 0 spiro atoms. The van der Waals surface area contributed by atoms with Crippen molar-refractivity contribution in [1.29, 1.82) is 0 Å². The standard InChI is InChI=1S/C20H25N3O2/c1-13-11-23(14(2)15-6-4-3-5-7-15)12-18(13)21-20(24)17-10-19(25-22-17)16-8-9-16/h3-7,10,13-14,16,18H,8-9,11-12H2,1-2H3,(H,21,24)/t13-,14?,18+/m1/s1. The summed E-state index contributed by atoms with van der Waals surface area (Å²) in [7, 11) is 0. The molecule has 0 bridgehead atoms. The summed E-state index contributed by atoms with van der Waals surface area (Å²) in [6.45, 7) is 6.26. The molecule has 4 rings (SSSR count). The molecule has 1 saturated heterocycles. The van der Waals surface area contributed by atoms with Crippen LogP contribution in [0.25, 0.3) is 0 Å². The quantitative estimate of drug-likeness (QED) is 0.907. The maximum absolute atomic E-state index is 12.5. The van der Waals surface area contributed by atoms with Gasteiger partial charge in [0.25, 0.3) is 5.91 Å². The fraction of sp³-hybridized carbons (Fsp3) is 0.500. The minimum atomic E-state index is -0.123. The second kappa shape index (κ2) is 6.64. The number of carbonyl (C=O) groups excluding carboxylic acids is 1. The van der Waals surface area contributed by atoms with E-state index in [2.05, 4.69) is 53.5 Å². The van der Waals surface area contributed by atoms with Crippen LogP contribution in [0.5, 0.6) is 0 Å². The summed E-state index contributed by atoms with van der Waals surface area (Å²) >= 11 is 0. The third kappa shape index (κ3) is 3.47. The molecule has 1 aliphatic carbocycles. The van der Waals surface area contributed by atoms with E-state index < -0.39 is 0 Å². The Morgan fingerprint density at radius 2 is 2.04 bits per heavy atom. The van der Waals surface area contributed by atoms with Crippen molar-refractivity contribution in [3.05, 3.63) is 53.4 Å². The van der Waals surface area contributed by atoms with Gasteiger partial charge in [-0.3, -0.25) is 9.69 Å². The molecule has 0 radical (unpaired) electrons. The van der Waals surface area contributed by atoms with Gasteiger partial charge in [-0.2, -0.15) is 0 Å². The number of amides is 1. The molecule has 2 fully saturated rings. The van der Waals surface area contributed by atoms with Gasteiger partial charge >= 0.3 is 0 Å². The van der Waals surface area contributed by atoms with Gasteiger partial charge in [-0.1, -0.05) is 42.4 Å². The number of hydrogen-bond acceptors (Lipinski definition) is 4. The summed E-state index contributed by atoms with van der Waals surface area (Å²) in [5, 5.41) is 7.10. The van der Waals surface area contributed by atoms with E-state index in [1.165, 1.54) is 5.56 Å². The third-order valence-corrected chi connectivity index (χ3v) is 5.53. The Bertz CT molecular complexity index is 738. The number of likely N-dealkylation sites (tertiary alicyclic amines) is 1. The van der Waals surface area contributed by atoms with Crippen molar-refractivity contribution in [3.8, 4) is 0 Å². The summed E-state index contributed by atoms with van der Waals surface area (Å²) < 4.78 is 5.30. The van der Waals surface area contributed by atoms with Crippen LogP contribution in [-0.2, 0) is 0 Å². The van der Waals surface area contributed by atoms with E-state index in [0.29, 0.717) is 23.6 Å². The molecule has 2 aromatic rings. The second-order valence-corrected chi connectivity index (χ2v) is 7.49. The average Bonchev–Trinajstić information content (AvgIpc) is 3.25. The van der Waals surface area contributed by atoms with Gasteiger partial charge in [-0.05, 0) is 31.2 Å². The van der Waals surface area contributed by atoms with E-state index in [9.17, 15) is 4.79 Å². The van der Waals surface area contributed by atoms with Crippen LogP contribution in [0.2, 0.25) is 0 Å². The predicted octanol–water partition coefficient (Wildman–Crippen LogP) is 3.36. The molecule has 1 saturated carbocycles. The van der Waals surface area contributed by atoms with E-state index in [4.69, 9.17) is 4.52 Å². The number of nitrogens with one attached hydrogen (secondary N) is 1. The van der Waals surface area contributed by atoms with Gasteiger partial charge < -0.3 is 9.84 Å². The molecule has 1 unspecified atom stereocenters. The molecular weight excluding hydrogens is 314 g/mol. The molecule has 2 heterocycles. The number of aromatic nitrogens is 1. The van der Waals surface area contributed by atoms with Gasteiger partial charge in [0, 0.05) is 37.2 Å². The normalized spacial score (nSPS) is 25.0. The number of nitrogens with zero attached hydrogens (tertiary/aromatic N) is 2. The molecule has 2 aliphatic rings. The van der Waals surface area contributed by atoms with Crippen LogP contribution in [0.15, 0.2) is 40.9 Å². The lowest BCUT2D eigenvalue weighted by atomic mass is 10.1. The lowest BCUT2D eigenvalue weighted by Crippen LogP contribution is -2.40. The lowest BCUT2D eigenvalue weighted by molar-refractivity contribution is 0.0921. The van der Waals surface area contributed by atoms with Gasteiger partial charge in [0.1, 0.15) is 5.76 Å². The summed E-state index contributed by atoms with van der Waals surface area (Å²) in [4.78, 5) is 14.9. The van der Waals surface area contributed by atoms with Crippen LogP contribution < -0.4 is 5.32 Å². The fourth-order valence-corrected chi connectivity index (χ4v) is 3.65. The molecule has 1 aliphatic heterocycles. The highest BCUT2D eigenvalue weighted by Crippen LogP contribution is 2.40. The van der Waals surface area contributed by atoms with Gasteiger partial charge in [-0.25, -0.2) is 0 Å². The van der Waals surface area contributed by atoms with Crippen molar-refractivity contribution in [1.82, 2.24) is 15.4 Å². The van der Waals surface area contributed by atoms with Crippen molar-refractivity contribution in [2.24, 2.45) is 5.92 Å². The van der Waals surface area contributed by atoms with E-state index >= 15 is 0 Å². The van der Waals surface area contributed by atoms with Gasteiger partial charge in [0.15, 0.2) is 5.69 Å². The molecule has 1 N–H and O–H groups in total. The summed E-state index contributed by atoms with van der Waals surface area (Å²) in [5.74, 6) is 1.61. The predicted molar refractivity (Wildman–Crippen MR) is 95.3 cm³/mol. The van der Waals surface area contributed by atoms with Crippen LogP contribution in [-0.4, -0.2) is 35.1 Å². The van der Waals surface area contributed by atoms with Crippen LogP contribution in [0.4, 0.5) is 0 Å². The van der Waals surface area contributed by atoms with Gasteiger partial charge in [0.05, 0.1) is 0 Å². The monoisotopic (exact) mass is 339 g/mol. The molecule has 1 amide bonds. The summed E-state index contributed by atoms with van der Waals surface area (Å²) in [6, 6.07) is 12.8. The average molecular weight is 339 g/mol. The smallest absolute Gasteiger partial charge is 0.273 e. The Hall–Kier alpha value is -2.14. The van der Waals surface area contributed by atoms with Crippen LogP contribution in [0.1, 0.15) is 60.5 Å². The van der Waals surface area contributed by atoms with Crippen molar-refractivity contribution in [2.45, 2.75) is 44.7 Å². The van der Waals surface area contributed by atoms with Gasteiger partial charge in [0.2, 0.25) is 0 Å². The molecule has 132 valence electrons. The number of carbonyl (C=O) groups is 1. The molecule has 3 atom stereocenters. The molecule has 5 heteroatoms. The van der Waals surface area contributed by atoms with E-state index in [1.807, 2.05) is 6.07 Å². The first-order valence-corrected chi connectivity index (χ1v) is 9.18. The minimum absolute atomic E-state index is 0.123. The number of benzene rings is 1. The minimum Gasteiger partial charge on any atom is -0.360 e. The second-order valence-electron chi connectivity index (χ2n) is 7.49. The zero-order valence-electron chi connectivity index (χ0n) is 14.8. The lowest BCUT2D eigenvalue weighted by Gasteiger charge is -2.24. The molecule has 1 aromatic carbocycles. The van der Waals surface area contributed by atoms with Crippen molar-refractivity contribution >= 4 is 5.91 Å². The fourth-order valence-electron chi connectivity index (χ4n) is 3.65. The topological polar surface area (TPSA) is 58.4 Å². The van der Waals surface area contributed by atoms with Crippen molar-refractivity contribution in [3.63, 3.8) is 0 Å². The summed E-state index contributed by atoms with van der Waals surface area (Å²) in [5.41, 5.74) is 1.72. The zero-order valence-corrected chi connectivity index (χ0v) is 14.8. The maximum Gasteiger partial charge on any atom is 0.273 e. The van der Waals surface area contributed by atoms with Crippen LogP contribution >= 0.6 is 0 Å².